The first kappa shape index (κ1) is 60.3. The molecule has 0 unspecified atom stereocenters. The lowest BCUT2D eigenvalue weighted by molar-refractivity contribution is -0.0308. The van der Waals surface area contributed by atoms with Gasteiger partial charge in [0.25, 0.3) is 0 Å². The molecule has 0 spiro atoms. The first-order chi connectivity index (χ1) is 44.1. The molecular weight excluding hydrogens is 1130 g/mol. The van der Waals surface area contributed by atoms with Crippen molar-refractivity contribution in [2.24, 2.45) is 0 Å². The Morgan fingerprint density at radius 3 is 0.789 bits per heavy atom. The summed E-state index contributed by atoms with van der Waals surface area (Å²) >= 11 is 0. The van der Waals surface area contributed by atoms with Crippen LogP contribution in [0.3, 0.4) is 0 Å². The number of carbonyl (C=O) groups excluding carboxylic acids is 3. The van der Waals surface area contributed by atoms with E-state index in [2.05, 4.69) is 70.9 Å². The van der Waals surface area contributed by atoms with Crippen LogP contribution < -0.4 is 0 Å². The Balaban J connectivity index is 0.000000124. The Morgan fingerprint density at radius 2 is 0.567 bits per heavy atom. The third-order valence-corrected chi connectivity index (χ3v) is 19.6. The number of carbonyl (C=O) groups is 3. The average molecular weight is 1210 g/mol. The van der Waals surface area contributed by atoms with Crippen LogP contribution >= 0.6 is 0 Å². The molecular formula is C75H78N6O9. The fourth-order valence-electron chi connectivity index (χ4n) is 15.8. The van der Waals surface area contributed by atoms with Crippen molar-refractivity contribution >= 4 is 18.3 Å². The third kappa shape index (κ3) is 11.3. The van der Waals surface area contributed by atoms with Crippen LogP contribution in [0.4, 0.5) is 14.4 Å². The van der Waals surface area contributed by atoms with Gasteiger partial charge in [0.05, 0.1) is 54.6 Å². The Morgan fingerprint density at radius 1 is 0.344 bits per heavy atom. The molecule has 6 aromatic rings. The number of benzene rings is 6. The molecule has 0 aromatic heterocycles. The number of cyclic esters (lactones) is 3. The van der Waals surface area contributed by atoms with Gasteiger partial charge >= 0.3 is 18.3 Å². The van der Waals surface area contributed by atoms with E-state index in [-0.39, 0.29) is 90.8 Å². The van der Waals surface area contributed by atoms with Crippen LogP contribution in [0.1, 0.15) is 89.1 Å². The first-order valence-electron chi connectivity index (χ1n) is 31.5. The predicted molar refractivity (Wildman–Crippen MR) is 344 cm³/mol. The van der Waals surface area contributed by atoms with E-state index in [0.717, 1.165) is 33.4 Å². The van der Waals surface area contributed by atoms with E-state index in [1.165, 1.54) is 0 Å². The number of hydrogen-bond acceptors (Lipinski definition) is 12. The number of ether oxygens (including phenoxy) is 3. The van der Waals surface area contributed by atoms with E-state index in [1.807, 2.05) is 200 Å². The first-order valence-corrected chi connectivity index (χ1v) is 31.5. The molecule has 6 fully saturated rings. The molecule has 6 bridgehead atoms. The van der Waals surface area contributed by atoms with E-state index in [4.69, 9.17) is 14.2 Å². The van der Waals surface area contributed by atoms with Gasteiger partial charge in [0.15, 0.2) is 18.3 Å². The summed E-state index contributed by atoms with van der Waals surface area (Å²) in [5.41, 5.74) is 5.87. The number of fused-ring (bicyclic) bond motifs is 6. The monoisotopic (exact) mass is 1210 g/mol. The Bertz CT molecular complexity index is 3210. The highest BCUT2D eigenvalue weighted by molar-refractivity contribution is 5.74. The number of aliphatic hydroxyl groups excluding tert-OH is 3. The van der Waals surface area contributed by atoms with Gasteiger partial charge in [-0.3, -0.25) is 29.4 Å². The number of nitrogens with zero attached hydrogens (tertiary/aromatic N) is 6. The van der Waals surface area contributed by atoms with Gasteiger partial charge in [-0.1, -0.05) is 237 Å². The van der Waals surface area contributed by atoms with Gasteiger partial charge in [-0.25, -0.2) is 14.4 Å². The van der Waals surface area contributed by atoms with Gasteiger partial charge in [-0.2, -0.15) is 0 Å². The third-order valence-electron chi connectivity index (χ3n) is 19.6. The molecule has 15 nitrogen and oxygen atoms in total. The molecule has 15 heteroatoms. The van der Waals surface area contributed by atoms with Gasteiger partial charge in [-0.05, 0) is 52.6 Å². The summed E-state index contributed by atoms with van der Waals surface area (Å²) in [5, 5.41) is 33.3. The smallest absolute Gasteiger partial charge is 0.411 e. The average Bonchev–Trinajstić information content (AvgIpc) is 1.60. The molecule has 9 aliphatic heterocycles. The van der Waals surface area contributed by atoms with Crippen LogP contribution in [0.5, 0.6) is 0 Å². The molecule has 18 atom stereocenters. The minimum absolute atomic E-state index is 0.0648. The largest absolute Gasteiger partial charge is 0.439 e. The maximum Gasteiger partial charge on any atom is 0.411 e. The molecule has 3 amide bonds. The van der Waals surface area contributed by atoms with E-state index in [9.17, 15) is 29.7 Å². The van der Waals surface area contributed by atoms with Crippen LogP contribution in [-0.4, -0.2) is 155 Å². The Labute approximate surface area is 527 Å². The maximum absolute atomic E-state index is 13.3. The molecule has 462 valence electrons. The van der Waals surface area contributed by atoms with Crippen LogP contribution in [0.2, 0.25) is 0 Å². The van der Waals surface area contributed by atoms with Gasteiger partial charge in [-0.15, -0.1) is 19.7 Å². The van der Waals surface area contributed by atoms with E-state index in [0.29, 0.717) is 38.9 Å². The van der Waals surface area contributed by atoms with Crippen LogP contribution in [0.25, 0.3) is 0 Å². The summed E-state index contributed by atoms with van der Waals surface area (Å²) in [4.78, 5) is 52.0. The van der Waals surface area contributed by atoms with Gasteiger partial charge < -0.3 is 29.5 Å². The van der Waals surface area contributed by atoms with Gasteiger partial charge in [0, 0.05) is 37.8 Å². The fourth-order valence-corrected chi connectivity index (χ4v) is 15.8. The minimum atomic E-state index is -0.621. The molecule has 0 saturated carbocycles. The van der Waals surface area contributed by atoms with Crippen molar-refractivity contribution in [3.8, 4) is 0 Å². The van der Waals surface area contributed by atoms with Crippen LogP contribution in [0, 0.1) is 0 Å². The minimum Gasteiger partial charge on any atom is -0.439 e. The topological polar surface area (TPSA) is 159 Å². The van der Waals surface area contributed by atoms with Crippen molar-refractivity contribution in [1.29, 1.82) is 0 Å². The van der Waals surface area contributed by atoms with Crippen molar-refractivity contribution in [2.75, 3.05) is 19.6 Å². The molecule has 0 radical (unpaired) electrons. The fraction of sp³-hybridized carbons (Fsp3) is 0.320. The molecule has 0 aliphatic carbocycles. The summed E-state index contributed by atoms with van der Waals surface area (Å²) in [6, 6.07) is 57.8. The highest BCUT2D eigenvalue weighted by Crippen LogP contribution is 2.51. The molecule has 6 aromatic carbocycles. The Hall–Kier alpha value is -8.67. The van der Waals surface area contributed by atoms with Gasteiger partial charge in [0.2, 0.25) is 0 Å². The van der Waals surface area contributed by atoms with Crippen molar-refractivity contribution < 1.29 is 43.9 Å². The van der Waals surface area contributed by atoms with Crippen molar-refractivity contribution in [2.45, 2.75) is 128 Å². The zero-order valence-corrected chi connectivity index (χ0v) is 50.2. The number of piperidine rings is 3. The second-order valence-electron chi connectivity index (χ2n) is 24.6. The maximum atomic E-state index is 13.3. The van der Waals surface area contributed by atoms with E-state index >= 15 is 0 Å². The summed E-state index contributed by atoms with van der Waals surface area (Å²) in [5.74, 6) is 0. The summed E-state index contributed by atoms with van der Waals surface area (Å²) in [7, 11) is 0. The zero-order chi connectivity index (χ0) is 62.0. The highest BCUT2D eigenvalue weighted by Gasteiger charge is 2.58. The Kier molecular flexibility index (Phi) is 17.7. The number of aliphatic hydroxyl groups is 3. The molecule has 9 heterocycles. The summed E-state index contributed by atoms with van der Waals surface area (Å²) in [6.45, 7) is 13.8. The summed E-state index contributed by atoms with van der Waals surface area (Å²) in [6.07, 6.45) is 15.9. The second kappa shape index (κ2) is 26.4. The second-order valence-corrected chi connectivity index (χ2v) is 24.6. The molecule has 3 N–H and O–H groups in total. The molecule has 9 aliphatic rings. The van der Waals surface area contributed by atoms with Crippen molar-refractivity contribution in [3.63, 3.8) is 0 Å². The van der Waals surface area contributed by atoms with Gasteiger partial charge in [0.1, 0.15) is 18.1 Å². The summed E-state index contributed by atoms with van der Waals surface area (Å²) < 4.78 is 17.8. The molecule has 90 heavy (non-hydrogen) atoms. The van der Waals surface area contributed by atoms with Crippen molar-refractivity contribution in [1.82, 2.24) is 29.4 Å². The van der Waals surface area contributed by atoms with Crippen LogP contribution in [0.15, 0.2) is 256 Å². The normalized spacial score (nSPS) is 33.0. The zero-order valence-electron chi connectivity index (χ0n) is 50.2. The standard InChI is InChI=1S/3C25H26N2O3/c3*1-2-15-26-19-13-14-20(26)23(21(28)16-19)27-22(17-9-5-3-6-10-17)24(30-25(27)29)18-11-7-4-8-12-18/h3*2-14,19-24,28H,1,15-16H2/t3*19-,20+,21+,22-,23-,24+/m000/s1. The quantitative estimate of drug-likeness (QED) is 0.0661. The van der Waals surface area contributed by atoms with Crippen molar-refractivity contribution in [3.05, 3.63) is 290 Å². The number of hydrogen-bond donors (Lipinski definition) is 3. The number of amides is 3. The number of rotatable bonds is 15. The van der Waals surface area contributed by atoms with Crippen LogP contribution in [-0.2, 0) is 14.2 Å². The van der Waals surface area contributed by atoms with E-state index < -0.39 is 36.6 Å². The van der Waals surface area contributed by atoms with E-state index in [1.54, 1.807) is 14.7 Å². The molecule has 15 rings (SSSR count). The lowest BCUT2D eigenvalue weighted by atomic mass is 9.88. The SMILES string of the molecule is C=CCN1[C@@H]2C=C[C@H]1C[C@@H](O)[C@H]2N1C(=O)O[C@H](c2ccccc2)[C@@H]1c1ccccc1.C=CCN1[C@@H]2C=C[C@H]1C[C@@H](O)[C@H]2N1C(=O)O[C@H](c2ccccc2)[C@@H]1c1ccccc1.C=CCN1[C@@H]2C=C[C@H]1C[C@@H](O)[C@H]2N1C(=O)O[C@H](c2ccccc2)[C@@H]1c1ccccc1. The lowest BCUT2D eigenvalue weighted by Crippen LogP contribution is -2.61. The lowest BCUT2D eigenvalue weighted by Gasteiger charge is -2.47. The predicted octanol–water partition coefficient (Wildman–Crippen LogP) is 11.5. The highest BCUT2D eigenvalue weighted by atomic mass is 16.6. The molecule has 6 saturated heterocycles.